The van der Waals surface area contributed by atoms with Gasteiger partial charge in [-0.25, -0.2) is 4.79 Å². The van der Waals surface area contributed by atoms with Crippen LogP contribution in [-0.4, -0.2) is 72.2 Å². The van der Waals surface area contributed by atoms with E-state index in [0.29, 0.717) is 30.6 Å². The predicted octanol–water partition coefficient (Wildman–Crippen LogP) is 1.58. The summed E-state index contributed by atoms with van der Waals surface area (Å²) in [6.07, 6.45) is 3.07. The van der Waals surface area contributed by atoms with Gasteiger partial charge < -0.3 is 14.5 Å². The molecule has 0 amide bonds. The fourth-order valence-corrected chi connectivity index (χ4v) is 2.86. The molecule has 0 N–H and O–H groups in total. The van der Waals surface area contributed by atoms with E-state index in [1.807, 2.05) is 39.3 Å². The molecule has 0 aromatic carbocycles. The van der Waals surface area contributed by atoms with Crippen LogP contribution >= 0.6 is 0 Å². The number of nitrogens with zero attached hydrogens (tertiary/aromatic N) is 4. The number of ether oxygens (including phenoxy) is 1. The van der Waals surface area contributed by atoms with Crippen LogP contribution in [0.1, 0.15) is 46.8 Å². The molecule has 0 bridgehead atoms. The Hall–Kier alpha value is -2.15. The highest BCUT2D eigenvalue weighted by Gasteiger charge is 2.33. The van der Waals surface area contributed by atoms with E-state index >= 15 is 0 Å². The average molecular weight is 348 g/mol. The first-order chi connectivity index (χ1) is 11.8. The molecule has 1 unspecified atom stereocenters. The molecule has 1 aliphatic carbocycles. The maximum atomic E-state index is 13.0. The fourth-order valence-electron chi connectivity index (χ4n) is 2.86. The van der Waals surface area contributed by atoms with Gasteiger partial charge in [-0.1, -0.05) is 0 Å². The van der Waals surface area contributed by atoms with Crippen molar-refractivity contribution in [3.05, 3.63) is 28.7 Å². The van der Waals surface area contributed by atoms with E-state index in [9.17, 15) is 9.59 Å². The number of carbonyl (C=O) groups excluding carboxylic acids is 2. The number of likely N-dealkylation sites (N-methyl/N-ethyl adjacent to an activating group) is 1. The smallest absolute Gasteiger partial charge is 0.359 e. The highest BCUT2D eigenvalue weighted by molar-refractivity contribution is 6.11. The molecule has 0 fully saturated rings. The van der Waals surface area contributed by atoms with Crippen molar-refractivity contribution in [3.63, 3.8) is 0 Å². The van der Waals surface area contributed by atoms with Crippen LogP contribution < -0.4 is 0 Å². The van der Waals surface area contributed by atoms with Crippen LogP contribution in [0.2, 0.25) is 0 Å². The largest absolute Gasteiger partial charge is 0.461 e. The molecule has 138 valence electrons. The van der Waals surface area contributed by atoms with E-state index in [1.54, 1.807) is 11.6 Å². The van der Waals surface area contributed by atoms with Crippen molar-refractivity contribution in [2.45, 2.75) is 39.3 Å². The zero-order chi connectivity index (χ0) is 18.7. The minimum absolute atomic E-state index is 0.0519. The van der Waals surface area contributed by atoms with Gasteiger partial charge in [0.2, 0.25) is 5.78 Å². The van der Waals surface area contributed by atoms with Gasteiger partial charge in [0.05, 0.1) is 13.2 Å². The standard InChI is InChI=1S/C18H28N4O3/c1-7-25-18(24)15-14-9-8-13(11-20(3)4)17(23)16(14)22(19-15)10-12(2)21(5)6/h11-12H,7-10H2,1-6H3. The lowest BCUT2D eigenvalue weighted by Gasteiger charge is -2.22. The molecule has 25 heavy (non-hydrogen) atoms. The molecular formula is C18H28N4O3. The number of aromatic nitrogens is 2. The van der Waals surface area contributed by atoms with Gasteiger partial charge in [-0.05, 0) is 40.8 Å². The Morgan fingerprint density at radius 1 is 1.32 bits per heavy atom. The third-order valence-corrected chi connectivity index (χ3v) is 4.40. The van der Waals surface area contributed by atoms with Crippen molar-refractivity contribution in [1.82, 2.24) is 19.6 Å². The first-order valence-corrected chi connectivity index (χ1v) is 8.61. The second-order valence-electron chi connectivity index (χ2n) is 6.84. The van der Waals surface area contributed by atoms with Crippen LogP contribution in [0.5, 0.6) is 0 Å². The van der Waals surface area contributed by atoms with E-state index in [0.717, 1.165) is 5.57 Å². The molecule has 0 radical (unpaired) electrons. The predicted molar refractivity (Wildman–Crippen MR) is 95.8 cm³/mol. The van der Waals surface area contributed by atoms with Gasteiger partial charge in [-0.2, -0.15) is 5.10 Å². The van der Waals surface area contributed by atoms with Crippen LogP contribution in [0.3, 0.4) is 0 Å². The molecule has 1 aromatic rings. The molecule has 0 saturated heterocycles. The van der Waals surface area contributed by atoms with Crippen LogP contribution in [0, 0.1) is 0 Å². The second kappa shape index (κ2) is 7.82. The normalized spacial score (nSPS) is 16.9. The maximum absolute atomic E-state index is 13.0. The van der Waals surface area contributed by atoms with Gasteiger partial charge in [0.25, 0.3) is 0 Å². The molecule has 1 atom stereocenters. The first-order valence-electron chi connectivity index (χ1n) is 8.61. The van der Waals surface area contributed by atoms with Crippen molar-refractivity contribution in [3.8, 4) is 0 Å². The van der Waals surface area contributed by atoms with Crippen molar-refractivity contribution >= 4 is 11.8 Å². The summed E-state index contributed by atoms with van der Waals surface area (Å²) in [6.45, 7) is 4.64. The molecule has 1 aliphatic rings. The second-order valence-corrected chi connectivity index (χ2v) is 6.84. The van der Waals surface area contributed by atoms with Gasteiger partial charge in [-0.3, -0.25) is 9.48 Å². The Labute approximate surface area is 149 Å². The Balaban J connectivity index is 2.50. The number of esters is 1. The molecule has 7 nitrogen and oxygen atoms in total. The summed E-state index contributed by atoms with van der Waals surface area (Å²) in [5, 5.41) is 4.45. The van der Waals surface area contributed by atoms with Gasteiger partial charge in [0.15, 0.2) is 5.69 Å². The fraction of sp³-hybridized carbons (Fsp3) is 0.611. The highest BCUT2D eigenvalue weighted by Crippen LogP contribution is 2.29. The molecular weight excluding hydrogens is 320 g/mol. The minimum atomic E-state index is -0.456. The number of rotatable bonds is 6. The summed E-state index contributed by atoms with van der Waals surface area (Å²) in [6, 6.07) is 0.176. The molecule has 1 heterocycles. The Kier molecular flexibility index (Phi) is 6.00. The van der Waals surface area contributed by atoms with Crippen molar-refractivity contribution < 1.29 is 14.3 Å². The quantitative estimate of drug-likeness (QED) is 0.574. The van der Waals surface area contributed by atoms with Gasteiger partial charge >= 0.3 is 5.97 Å². The number of ketones is 1. The van der Waals surface area contributed by atoms with E-state index in [1.165, 1.54) is 0 Å². The number of hydrogen-bond acceptors (Lipinski definition) is 6. The molecule has 2 rings (SSSR count). The highest BCUT2D eigenvalue weighted by atomic mass is 16.5. The topological polar surface area (TPSA) is 67.7 Å². The monoisotopic (exact) mass is 348 g/mol. The SMILES string of the molecule is CCOC(=O)c1nn(CC(C)N(C)C)c2c1CCC(=CN(C)C)C2=O. The van der Waals surface area contributed by atoms with Crippen molar-refractivity contribution in [2.24, 2.45) is 0 Å². The molecule has 0 aliphatic heterocycles. The zero-order valence-electron chi connectivity index (χ0n) is 16.0. The van der Waals surface area contributed by atoms with Crippen LogP contribution in [0.25, 0.3) is 0 Å². The van der Waals surface area contributed by atoms with Gasteiger partial charge in [0, 0.05) is 37.5 Å². The third-order valence-electron chi connectivity index (χ3n) is 4.40. The minimum Gasteiger partial charge on any atom is -0.461 e. The Morgan fingerprint density at radius 2 is 2.00 bits per heavy atom. The molecule has 7 heteroatoms. The number of Topliss-reactive ketones (excluding diaryl/α,β-unsaturated/α-hetero) is 1. The van der Waals surface area contributed by atoms with Crippen molar-refractivity contribution in [1.29, 1.82) is 0 Å². The van der Waals surface area contributed by atoms with E-state index < -0.39 is 5.97 Å². The number of carbonyl (C=O) groups is 2. The average Bonchev–Trinajstić information content (AvgIpc) is 2.89. The molecule has 1 aromatic heterocycles. The Bertz CT molecular complexity index is 689. The summed E-state index contributed by atoms with van der Waals surface area (Å²) in [5.41, 5.74) is 2.26. The number of allylic oxidation sites excluding steroid dienone is 1. The number of fused-ring (bicyclic) bond motifs is 1. The summed E-state index contributed by atoms with van der Waals surface area (Å²) in [7, 11) is 7.74. The summed E-state index contributed by atoms with van der Waals surface area (Å²) >= 11 is 0. The van der Waals surface area contributed by atoms with Crippen molar-refractivity contribution in [2.75, 3.05) is 34.8 Å². The van der Waals surface area contributed by atoms with Crippen LogP contribution in [-0.2, 0) is 17.7 Å². The van der Waals surface area contributed by atoms with E-state index in [4.69, 9.17) is 4.74 Å². The van der Waals surface area contributed by atoms with E-state index in [-0.39, 0.29) is 24.1 Å². The summed E-state index contributed by atoms with van der Waals surface area (Å²) in [5.74, 6) is -0.508. The number of hydrogen-bond donors (Lipinski definition) is 0. The van der Waals surface area contributed by atoms with E-state index in [2.05, 4.69) is 16.9 Å². The van der Waals surface area contributed by atoms with Gasteiger partial charge in [0.1, 0.15) is 5.69 Å². The van der Waals surface area contributed by atoms with Crippen LogP contribution in [0.4, 0.5) is 0 Å². The lowest BCUT2D eigenvalue weighted by molar-refractivity contribution is 0.0517. The Morgan fingerprint density at radius 3 is 2.56 bits per heavy atom. The van der Waals surface area contributed by atoms with Crippen LogP contribution in [0.15, 0.2) is 11.8 Å². The zero-order valence-corrected chi connectivity index (χ0v) is 16.0. The molecule has 0 saturated carbocycles. The summed E-state index contributed by atoms with van der Waals surface area (Å²) < 4.78 is 6.80. The maximum Gasteiger partial charge on any atom is 0.359 e. The lowest BCUT2D eigenvalue weighted by atomic mass is 9.90. The first kappa shape index (κ1) is 19.2. The third kappa shape index (κ3) is 4.10. The molecule has 0 spiro atoms. The lowest BCUT2D eigenvalue weighted by Crippen LogP contribution is -2.31. The van der Waals surface area contributed by atoms with Gasteiger partial charge in [-0.15, -0.1) is 0 Å². The summed E-state index contributed by atoms with van der Waals surface area (Å²) in [4.78, 5) is 29.2.